The average Bonchev–Trinajstić information content (AvgIpc) is 3.34. The van der Waals surface area contributed by atoms with Gasteiger partial charge < -0.3 is 24.2 Å². The SMILES string of the molecule is COC(=O)C1C(C)=NC(C)=C(C(=O)[C@@]2(O)CO[C@@H]3[C@@H](O[N+](=O)[O-])CO[C@@H]32)C1c1ccccc1Cl. The van der Waals surface area contributed by atoms with Crippen molar-refractivity contribution in [2.24, 2.45) is 10.9 Å². The maximum atomic E-state index is 14.0. The lowest BCUT2D eigenvalue weighted by Gasteiger charge is -2.35. The molecule has 11 nitrogen and oxygen atoms in total. The van der Waals surface area contributed by atoms with E-state index in [9.17, 15) is 24.8 Å². The largest absolute Gasteiger partial charge is 0.468 e. The molecule has 2 fully saturated rings. The highest BCUT2D eigenvalue weighted by atomic mass is 35.5. The Labute approximate surface area is 199 Å². The maximum Gasteiger partial charge on any atom is 0.315 e. The number of ether oxygens (including phenoxy) is 3. The number of ketones is 1. The van der Waals surface area contributed by atoms with Crippen LogP contribution in [0.5, 0.6) is 0 Å². The number of allylic oxidation sites excluding steroid dienone is 1. The van der Waals surface area contributed by atoms with Gasteiger partial charge in [0.05, 0.1) is 20.3 Å². The summed E-state index contributed by atoms with van der Waals surface area (Å²) in [7, 11) is 1.23. The molecule has 12 heteroatoms. The number of fused-ring (bicyclic) bond motifs is 1. The Balaban J connectivity index is 1.79. The predicted molar refractivity (Wildman–Crippen MR) is 117 cm³/mol. The molecule has 34 heavy (non-hydrogen) atoms. The van der Waals surface area contributed by atoms with Gasteiger partial charge in [-0.15, -0.1) is 10.1 Å². The van der Waals surface area contributed by atoms with E-state index in [1.807, 2.05) is 0 Å². The van der Waals surface area contributed by atoms with Crippen LogP contribution in [0.1, 0.15) is 25.3 Å². The predicted octanol–water partition coefficient (Wildman–Crippen LogP) is 1.64. The number of carbonyl (C=O) groups excluding carboxylic acids is 2. The minimum Gasteiger partial charge on any atom is -0.468 e. The van der Waals surface area contributed by atoms with E-state index in [0.29, 0.717) is 22.0 Å². The number of aliphatic hydroxyl groups is 1. The van der Waals surface area contributed by atoms with Crippen molar-refractivity contribution >= 4 is 29.1 Å². The van der Waals surface area contributed by atoms with E-state index >= 15 is 0 Å². The Bertz CT molecular complexity index is 1100. The number of hydrogen-bond acceptors (Lipinski definition) is 10. The first kappa shape index (κ1) is 24.3. The van der Waals surface area contributed by atoms with Crippen molar-refractivity contribution in [3.8, 4) is 0 Å². The Morgan fingerprint density at radius 1 is 1.29 bits per heavy atom. The molecule has 1 aromatic rings. The molecule has 3 aliphatic rings. The fourth-order valence-corrected chi connectivity index (χ4v) is 5.20. The van der Waals surface area contributed by atoms with Gasteiger partial charge >= 0.3 is 5.97 Å². The second kappa shape index (κ2) is 9.06. The minimum absolute atomic E-state index is 0.0584. The quantitative estimate of drug-likeness (QED) is 0.354. The monoisotopic (exact) mass is 494 g/mol. The van der Waals surface area contributed by atoms with Crippen LogP contribution in [0.15, 0.2) is 40.5 Å². The molecule has 0 aliphatic carbocycles. The lowest BCUT2D eigenvalue weighted by molar-refractivity contribution is -0.769. The number of aliphatic imine (C=N–C) groups is 1. The molecule has 0 bridgehead atoms. The normalized spacial score (nSPS) is 32.7. The summed E-state index contributed by atoms with van der Waals surface area (Å²) in [6.07, 6.45) is -3.32. The first-order chi connectivity index (χ1) is 16.1. The molecule has 1 N–H and O–H groups in total. The lowest BCUT2D eigenvalue weighted by atomic mass is 9.71. The number of hydrogen-bond donors (Lipinski definition) is 1. The summed E-state index contributed by atoms with van der Waals surface area (Å²) in [5, 5.41) is 21.6. The molecule has 6 atom stereocenters. The molecule has 1 aromatic carbocycles. The van der Waals surface area contributed by atoms with Crippen LogP contribution in [0.3, 0.4) is 0 Å². The first-order valence-corrected chi connectivity index (χ1v) is 10.9. The fraction of sp³-hybridized carbons (Fsp3) is 0.500. The smallest absolute Gasteiger partial charge is 0.315 e. The highest BCUT2D eigenvalue weighted by molar-refractivity contribution is 6.31. The summed E-state index contributed by atoms with van der Waals surface area (Å²) < 4.78 is 16.1. The number of Topliss-reactive ketones (excluding diaryl/α,β-unsaturated/α-hetero) is 1. The molecule has 4 rings (SSSR count). The maximum absolute atomic E-state index is 14.0. The van der Waals surface area contributed by atoms with E-state index < -0.39 is 59.2 Å². The Morgan fingerprint density at radius 2 is 2.00 bits per heavy atom. The molecule has 182 valence electrons. The number of rotatable bonds is 6. The molecule has 0 aromatic heterocycles. The molecule has 3 aliphatic heterocycles. The van der Waals surface area contributed by atoms with Crippen molar-refractivity contribution in [3.05, 3.63) is 56.2 Å². The molecule has 2 saturated heterocycles. The minimum atomic E-state index is -2.18. The van der Waals surface area contributed by atoms with Crippen molar-refractivity contribution in [3.63, 3.8) is 0 Å². The number of carbonyl (C=O) groups is 2. The van der Waals surface area contributed by atoms with Gasteiger partial charge in [0.2, 0.25) is 0 Å². The zero-order valence-corrected chi connectivity index (χ0v) is 19.4. The van der Waals surface area contributed by atoms with Crippen LogP contribution in [0.2, 0.25) is 5.02 Å². The number of nitrogens with zero attached hydrogens (tertiary/aromatic N) is 2. The molecular formula is C22H23ClN2O9. The first-order valence-electron chi connectivity index (χ1n) is 10.5. The van der Waals surface area contributed by atoms with Gasteiger partial charge in [0.25, 0.3) is 5.09 Å². The Morgan fingerprint density at radius 3 is 2.65 bits per heavy atom. The number of halogens is 1. The highest BCUT2D eigenvalue weighted by Crippen LogP contribution is 2.46. The number of methoxy groups -OCH3 is 1. The van der Waals surface area contributed by atoms with Gasteiger partial charge in [-0.2, -0.15) is 0 Å². The third-order valence-electron chi connectivity index (χ3n) is 6.45. The summed E-state index contributed by atoms with van der Waals surface area (Å²) in [6, 6.07) is 6.75. The third kappa shape index (κ3) is 3.88. The molecule has 2 unspecified atom stereocenters. The van der Waals surface area contributed by atoms with Gasteiger partial charge in [0.15, 0.2) is 17.5 Å². The summed E-state index contributed by atoms with van der Waals surface area (Å²) in [5.41, 5.74) is -0.923. The third-order valence-corrected chi connectivity index (χ3v) is 6.80. The van der Waals surface area contributed by atoms with Crippen LogP contribution in [0.25, 0.3) is 0 Å². The molecule has 3 heterocycles. The van der Waals surface area contributed by atoms with Crippen molar-refractivity contribution in [1.29, 1.82) is 0 Å². The second-order valence-electron chi connectivity index (χ2n) is 8.40. The van der Waals surface area contributed by atoms with Crippen molar-refractivity contribution < 1.29 is 38.8 Å². The van der Waals surface area contributed by atoms with Gasteiger partial charge in [0, 0.05) is 27.9 Å². The fourth-order valence-electron chi connectivity index (χ4n) is 4.95. The molecular weight excluding hydrogens is 472 g/mol. The van der Waals surface area contributed by atoms with E-state index in [1.54, 1.807) is 38.1 Å². The van der Waals surface area contributed by atoms with Crippen molar-refractivity contribution in [2.75, 3.05) is 20.3 Å². The van der Waals surface area contributed by atoms with Gasteiger partial charge in [-0.05, 0) is 25.5 Å². The van der Waals surface area contributed by atoms with Crippen LogP contribution >= 0.6 is 11.6 Å². The zero-order chi connectivity index (χ0) is 24.8. The van der Waals surface area contributed by atoms with Crippen LogP contribution in [0.4, 0.5) is 0 Å². The summed E-state index contributed by atoms with van der Waals surface area (Å²) >= 11 is 6.47. The second-order valence-corrected chi connectivity index (χ2v) is 8.81. The summed E-state index contributed by atoms with van der Waals surface area (Å²) in [4.78, 5) is 46.5. The molecule has 0 amide bonds. The zero-order valence-electron chi connectivity index (χ0n) is 18.6. The van der Waals surface area contributed by atoms with Crippen LogP contribution in [0, 0.1) is 16.0 Å². The Hall–Kier alpha value is -2.86. The number of benzene rings is 1. The topological polar surface area (TPSA) is 147 Å². The molecule has 0 spiro atoms. The van der Waals surface area contributed by atoms with E-state index in [4.69, 9.17) is 25.8 Å². The standard InChI is InChI=1S/C22H23ClN2O9/c1-10-15(19(26)22(28)9-33-18-14(34-25(29)30)8-32-20(18)22)17(12-6-4-5-7-13(12)23)16(11(2)24-10)21(27)31-3/h4-7,14,16-18,20,28H,8-9H2,1-3H3/t14-,16?,17?,18+,20-,22-/m0/s1. The highest BCUT2D eigenvalue weighted by Gasteiger charge is 2.62. The van der Waals surface area contributed by atoms with Gasteiger partial charge in [0.1, 0.15) is 18.1 Å². The Kier molecular flexibility index (Phi) is 6.47. The van der Waals surface area contributed by atoms with Crippen LogP contribution < -0.4 is 0 Å². The van der Waals surface area contributed by atoms with E-state index in [2.05, 4.69) is 9.83 Å². The van der Waals surface area contributed by atoms with Gasteiger partial charge in [-0.25, -0.2) is 0 Å². The van der Waals surface area contributed by atoms with E-state index in [1.165, 1.54) is 7.11 Å². The van der Waals surface area contributed by atoms with E-state index in [-0.39, 0.29) is 12.2 Å². The van der Waals surface area contributed by atoms with E-state index in [0.717, 1.165) is 0 Å². The van der Waals surface area contributed by atoms with Crippen molar-refractivity contribution in [1.82, 2.24) is 0 Å². The summed E-state index contributed by atoms with van der Waals surface area (Å²) in [6.45, 7) is 2.54. The van der Waals surface area contributed by atoms with Gasteiger partial charge in [-0.1, -0.05) is 29.8 Å². The number of esters is 1. The summed E-state index contributed by atoms with van der Waals surface area (Å²) in [5.74, 6) is -3.26. The average molecular weight is 495 g/mol. The molecule has 0 radical (unpaired) electrons. The van der Waals surface area contributed by atoms with Crippen molar-refractivity contribution in [2.45, 2.75) is 43.7 Å². The lowest BCUT2D eigenvalue weighted by Crippen LogP contribution is -2.53. The van der Waals surface area contributed by atoms with Gasteiger partial charge in [-0.3, -0.25) is 14.6 Å². The van der Waals surface area contributed by atoms with Crippen LogP contribution in [-0.4, -0.2) is 71.9 Å². The van der Waals surface area contributed by atoms with Crippen LogP contribution in [-0.2, 0) is 28.6 Å². The molecule has 0 saturated carbocycles.